The molecule has 1 heterocycles. The van der Waals surface area contributed by atoms with Crippen molar-refractivity contribution in [3.63, 3.8) is 0 Å². The summed E-state index contributed by atoms with van der Waals surface area (Å²) in [5.74, 6) is -0.0422. The van der Waals surface area contributed by atoms with Gasteiger partial charge in [-0.1, -0.05) is 24.3 Å². The Morgan fingerprint density at radius 3 is 2.80 bits per heavy atom. The summed E-state index contributed by atoms with van der Waals surface area (Å²) in [7, 11) is 0. The first-order valence-electron chi connectivity index (χ1n) is 9.26. The molecule has 1 amide bonds. The third-order valence-corrected chi connectivity index (χ3v) is 5.66. The molecule has 25 heavy (non-hydrogen) atoms. The summed E-state index contributed by atoms with van der Waals surface area (Å²) < 4.78 is 17.0. The van der Waals surface area contributed by atoms with E-state index in [1.807, 2.05) is 25.1 Å². The molecule has 2 aliphatic rings. The van der Waals surface area contributed by atoms with Crippen LogP contribution in [0, 0.1) is 12.3 Å². The van der Waals surface area contributed by atoms with E-state index in [1.165, 1.54) is 5.56 Å². The van der Waals surface area contributed by atoms with E-state index in [2.05, 4.69) is 18.3 Å². The Bertz CT molecular complexity index is 583. The minimum absolute atomic E-state index is 0.0416. The Kier molecular flexibility index (Phi) is 6.10. The number of rotatable bonds is 7. The summed E-state index contributed by atoms with van der Waals surface area (Å²) in [6.07, 6.45) is 3.02. The number of amides is 1. The van der Waals surface area contributed by atoms with E-state index in [0.29, 0.717) is 13.2 Å². The van der Waals surface area contributed by atoms with Crippen LogP contribution in [0.2, 0.25) is 0 Å². The van der Waals surface area contributed by atoms with Crippen LogP contribution < -0.4 is 5.32 Å². The predicted octanol–water partition coefficient (Wildman–Crippen LogP) is 2.60. The van der Waals surface area contributed by atoms with Gasteiger partial charge in [-0.25, -0.2) is 0 Å². The molecule has 0 unspecified atom stereocenters. The van der Waals surface area contributed by atoms with Crippen molar-refractivity contribution in [1.29, 1.82) is 0 Å². The first-order chi connectivity index (χ1) is 12.2. The SMILES string of the molecule is CCO[C@@H]1C[C@@H](NC(=O)COCc2ccccc2C)C12CCOCC2. The quantitative estimate of drug-likeness (QED) is 0.824. The van der Waals surface area contributed by atoms with E-state index in [0.717, 1.165) is 38.0 Å². The summed E-state index contributed by atoms with van der Waals surface area (Å²) >= 11 is 0. The molecule has 2 atom stereocenters. The monoisotopic (exact) mass is 347 g/mol. The Balaban J connectivity index is 1.48. The number of hydrogen-bond acceptors (Lipinski definition) is 4. The van der Waals surface area contributed by atoms with Gasteiger partial charge in [0.2, 0.25) is 5.91 Å². The highest BCUT2D eigenvalue weighted by atomic mass is 16.5. The van der Waals surface area contributed by atoms with Crippen molar-refractivity contribution in [1.82, 2.24) is 5.32 Å². The molecule has 1 aliphatic carbocycles. The van der Waals surface area contributed by atoms with Crippen molar-refractivity contribution in [3.05, 3.63) is 35.4 Å². The third kappa shape index (κ3) is 4.05. The van der Waals surface area contributed by atoms with Gasteiger partial charge in [0.05, 0.1) is 12.7 Å². The number of nitrogens with one attached hydrogen (secondary N) is 1. The predicted molar refractivity (Wildman–Crippen MR) is 95.3 cm³/mol. The van der Waals surface area contributed by atoms with Crippen molar-refractivity contribution in [2.45, 2.75) is 51.9 Å². The van der Waals surface area contributed by atoms with Crippen LogP contribution in [0.5, 0.6) is 0 Å². The second kappa shape index (κ2) is 8.30. The number of ether oxygens (including phenoxy) is 3. The van der Waals surface area contributed by atoms with Crippen molar-refractivity contribution >= 4 is 5.91 Å². The summed E-state index contributed by atoms with van der Waals surface area (Å²) in [6, 6.07) is 8.24. The number of carbonyl (C=O) groups is 1. The first kappa shape index (κ1) is 18.4. The van der Waals surface area contributed by atoms with Crippen molar-refractivity contribution < 1.29 is 19.0 Å². The van der Waals surface area contributed by atoms with E-state index >= 15 is 0 Å². The van der Waals surface area contributed by atoms with Gasteiger partial charge in [0.1, 0.15) is 6.61 Å². The highest BCUT2D eigenvalue weighted by Gasteiger charge is 2.56. The summed E-state index contributed by atoms with van der Waals surface area (Å²) in [4.78, 5) is 12.3. The van der Waals surface area contributed by atoms with Crippen LogP contribution >= 0.6 is 0 Å². The van der Waals surface area contributed by atoms with Crippen molar-refractivity contribution in [2.24, 2.45) is 5.41 Å². The van der Waals surface area contributed by atoms with Crippen LogP contribution in [0.1, 0.15) is 37.3 Å². The minimum atomic E-state index is -0.0422. The van der Waals surface area contributed by atoms with Crippen LogP contribution in [-0.4, -0.2) is 44.5 Å². The largest absolute Gasteiger partial charge is 0.381 e. The van der Waals surface area contributed by atoms with E-state index in [9.17, 15) is 4.79 Å². The molecule has 1 N–H and O–H groups in total. The average Bonchev–Trinajstić information content (AvgIpc) is 2.63. The second-order valence-electron chi connectivity index (χ2n) is 7.06. The average molecular weight is 347 g/mol. The van der Waals surface area contributed by atoms with Gasteiger partial charge < -0.3 is 19.5 Å². The molecule has 1 saturated carbocycles. The molecule has 1 aromatic carbocycles. The van der Waals surface area contributed by atoms with Gasteiger partial charge in [-0.3, -0.25) is 4.79 Å². The lowest BCUT2D eigenvalue weighted by atomic mass is 9.57. The van der Waals surface area contributed by atoms with Crippen LogP contribution in [-0.2, 0) is 25.6 Å². The van der Waals surface area contributed by atoms with Crippen LogP contribution in [0.4, 0.5) is 0 Å². The van der Waals surface area contributed by atoms with Gasteiger partial charge >= 0.3 is 0 Å². The lowest BCUT2D eigenvalue weighted by Gasteiger charge is -2.57. The standard InChI is InChI=1S/C20H29NO4/c1-3-25-18-12-17(20(18)8-10-23-11-9-20)21-19(22)14-24-13-16-7-5-4-6-15(16)2/h4-7,17-18H,3,8-14H2,1-2H3,(H,21,22)/t17-,18-/m1/s1. The van der Waals surface area contributed by atoms with E-state index in [1.54, 1.807) is 0 Å². The summed E-state index contributed by atoms with van der Waals surface area (Å²) in [5, 5.41) is 3.17. The molecule has 5 nitrogen and oxygen atoms in total. The number of hydrogen-bond donors (Lipinski definition) is 1. The zero-order chi connectivity index (χ0) is 17.7. The third-order valence-electron chi connectivity index (χ3n) is 5.66. The molecule has 2 fully saturated rings. The second-order valence-corrected chi connectivity index (χ2v) is 7.06. The zero-order valence-corrected chi connectivity index (χ0v) is 15.3. The molecular weight excluding hydrogens is 318 g/mol. The molecule has 3 rings (SSSR count). The summed E-state index contributed by atoms with van der Waals surface area (Å²) in [6.45, 7) is 6.85. The van der Waals surface area contributed by atoms with E-state index in [4.69, 9.17) is 14.2 Å². The number of carbonyl (C=O) groups excluding carboxylic acids is 1. The van der Waals surface area contributed by atoms with Gasteiger partial charge in [0.25, 0.3) is 0 Å². The fourth-order valence-corrected chi connectivity index (χ4v) is 4.07. The van der Waals surface area contributed by atoms with E-state index < -0.39 is 0 Å². The fourth-order valence-electron chi connectivity index (χ4n) is 4.07. The summed E-state index contributed by atoms with van der Waals surface area (Å²) in [5.41, 5.74) is 2.35. The smallest absolute Gasteiger partial charge is 0.246 e. The Morgan fingerprint density at radius 1 is 1.32 bits per heavy atom. The number of benzene rings is 1. The van der Waals surface area contributed by atoms with Crippen LogP contribution in [0.15, 0.2) is 24.3 Å². The molecule has 1 saturated heterocycles. The van der Waals surface area contributed by atoms with Crippen molar-refractivity contribution in [2.75, 3.05) is 26.4 Å². The molecule has 1 aliphatic heterocycles. The zero-order valence-electron chi connectivity index (χ0n) is 15.3. The molecule has 138 valence electrons. The van der Waals surface area contributed by atoms with Crippen molar-refractivity contribution in [3.8, 4) is 0 Å². The Labute approximate surface area is 150 Å². The highest BCUT2D eigenvalue weighted by molar-refractivity contribution is 5.77. The lowest BCUT2D eigenvalue weighted by Crippen LogP contribution is -2.66. The highest BCUT2D eigenvalue weighted by Crippen LogP contribution is 2.50. The van der Waals surface area contributed by atoms with Gasteiger partial charge in [-0.05, 0) is 44.2 Å². The first-order valence-corrected chi connectivity index (χ1v) is 9.26. The lowest BCUT2D eigenvalue weighted by molar-refractivity contribution is -0.176. The molecule has 5 heteroatoms. The minimum Gasteiger partial charge on any atom is -0.381 e. The van der Waals surface area contributed by atoms with E-state index in [-0.39, 0.29) is 30.1 Å². The van der Waals surface area contributed by atoms with Gasteiger partial charge in [-0.15, -0.1) is 0 Å². The molecule has 0 aromatic heterocycles. The van der Waals surface area contributed by atoms with Gasteiger partial charge in [0, 0.05) is 31.3 Å². The molecular formula is C20H29NO4. The normalized spacial score (nSPS) is 24.7. The topological polar surface area (TPSA) is 56.8 Å². The maximum atomic E-state index is 12.3. The van der Waals surface area contributed by atoms with Gasteiger partial charge in [0.15, 0.2) is 0 Å². The van der Waals surface area contributed by atoms with Gasteiger partial charge in [-0.2, -0.15) is 0 Å². The molecule has 0 radical (unpaired) electrons. The Morgan fingerprint density at radius 2 is 2.08 bits per heavy atom. The molecule has 1 spiro atoms. The fraction of sp³-hybridized carbons (Fsp3) is 0.650. The Hall–Kier alpha value is -1.43. The number of aryl methyl sites for hydroxylation is 1. The molecule has 0 bridgehead atoms. The maximum absolute atomic E-state index is 12.3. The van der Waals surface area contributed by atoms with Crippen LogP contribution in [0.25, 0.3) is 0 Å². The maximum Gasteiger partial charge on any atom is 0.246 e. The molecule has 1 aromatic rings. The van der Waals surface area contributed by atoms with Crippen LogP contribution in [0.3, 0.4) is 0 Å².